The lowest BCUT2D eigenvalue weighted by Crippen LogP contribution is -2.38. The van der Waals surface area contributed by atoms with E-state index in [0.717, 1.165) is 22.4 Å². The summed E-state index contributed by atoms with van der Waals surface area (Å²) in [5.41, 5.74) is 4.86. The molecule has 40 heavy (non-hydrogen) atoms. The van der Waals surface area contributed by atoms with Gasteiger partial charge in [0.2, 0.25) is 0 Å². The summed E-state index contributed by atoms with van der Waals surface area (Å²) in [7, 11) is -0.704. The number of anilines is 2. The molecule has 1 saturated heterocycles. The molecular formula is C29H30BrN6O3P. The van der Waals surface area contributed by atoms with Crippen molar-refractivity contribution in [3.05, 3.63) is 104 Å². The number of hydrazone groups is 1. The molecule has 11 heteroatoms. The molecule has 3 aromatic carbocycles. The van der Waals surface area contributed by atoms with Crippen LogP contribution in [0, 0.1) is 10.1 Å². The van der Waals surface area contributed by atoms with Crippen LogP contribution in [0.2, 0.25) is 0 Å². The molecule has 0 saturated carbocycles. The van der Waals surface area contributed by atoms with E-state index in [9.17, 15) is 10.1 Å². The number of hydrogen-bond donors (Lipinski definition) is 0. The number of hydrogen-bond acceptors (Lipinski definition) is 6. The lowest BCUT2D eigenvalue weighted by molar-refractivity contribution is -0.384. The van der Waals surface area contributed by atoms with Crippen molar-refractivity contribution >= 4 is 52.2 Å². The molecule has 1 unspecified atom stereocenters. The van der Waals surface area contributed by atoms with Crippen LogP contribution >= 0.6 is 23.3 Å². The van der Waals surface area contributed by atoms with Gasteiger partial charge in [-0.1, -0.05) is 50.2 Å². The third-order valence-electron chi connectivity index (χ3n) is 7.74. The highest BCUT2D eigenvalue weighted by molar-refractivity contribution is 9.10. The Kier molecular flexibility index (Phi) is 6.91. The van der Waals surface area contributed by atoms with E-state index >= 15 is 0 Å². The summed E-state index contributed by atoms with van der Waals surface area (Å²) >= 11 is 3.60. The Hall–Kier alpha value is -3.30. The number of non-ortho nitro benzene ring substituents is 1. The van der Waals surface area contributed by atoms with E-state index in [0.29, 0.717) is 36.5 Å². The molecular weight excluding hydrogens is 591 g/mol. The summed E-state index contributed by atoms with van der Waals surface area (Å²) in [4.78, 5) is 13.4. The van der Waals surface area contributed by atoms with Crippen molar-refractivity contribution in [2.45, 2.75) is 19.3 Å². The first-order valence-electron chi connectivity index (χ1n) is 13.1. The Morgan fingerprint density at radius 3 is 2.42 bits per heavy atom. The van der Waals surface area contributed by atoms with Crippen LogP contribution in [0.25, 0.3) is 0 Å². The Morgan fingerprint density at radius 2 is 1.75 bits per heavy atom. The lowest BCUT2D eigenvalue weighted by atomic mass is 9.84. The third-order valence-corrected chi connectivity index (χ3v) is 11.9. The minimum absolute atomic E-state index is 0.0119. The van der Waals surface area contributed by atoms with Gasteiger partial charge < -0.3 is 9.64 Å². The van der Waals surface area contributed by atoms with Crippen LogP contribution in [0.15, 0.2) is 98.1 Å². The maximum absolute atomic E-state index is 11.5. The molecule has 3 aliphatic heterocycles. The first-order valence-corrected chi connectivity index (χ1v) is 15.6. The Morgan fingerprint density at radius 1 is 1.05 bits per heavy atom. The molecule has 1 atom stereocenters. The van der Waals surface area contributed by atoms with E-state index in [-0.39, 0.29) is 11.1 Å². The number of nitro groups is 1. The number of morpholine rings is 1. The van der Waals surface area contributed by atoms with Gasteiger partial charge in [-0.3, -0.25) is 10.1 Å². The highest BCUT2D eigenvalue weighted by atomic mass is 79.9. The average Bonchev–Trinajstić information content (AvgIpc) is 3.42. The van der Waals surface area contributed by atoms with Crippen LogP contribution in [0.4, 0.5) is 22.7 Å². The van der Waals surface area contributed by atoms with Crippen molar-refractivity contribution in [3.8, 4) is 0 Å². The second-order valence-electron chi connectivity index (χ2n) is 10.4. The fourth-order valence-electron chi connectivity index (χ4n) is 5.91. The van der Waals surface area contributed by atoms with Crippen molar-refractivity contribution in [2.75, 3.05) is 43.0 Å². The number of para-hydroxylation sites is 2. The van der Waals surface area contributed by atoms with Crippen LogP contribution < -0.4 is 9.68 Å². The zero-order valence-electron chi connectivity index (χ0n) is 22.6. The number of likely N-dealkylation sites (N-methyl/N-ethyl adjacent to an activating group) is 1. The van der Waals surface area contributed by atoms with Gasteiger partial charge in [0.25, 0.3) is 5.69 Å². The molecule has 6 rings (SSSR count). The molecule has 0 amide bonds. The zero-order valence-corrected chi connectivity index (χ0v) is 25.0. The number of nitrogens with zero attached hydrogens (tertiary/aromatic N) is 6. The van der Waals surface area contributed by atoms with Gasteiger partial charge in [-0.15, -0.1) is 0 Å². The topological polar surface area (TPSA) is 86.8 Å². The lowest BCUT2D eigenvalue weighted by Gasteiger charge is -2.43. The van der Waals surface area contributed by atoms with Gasteiger partial charge in [0.1, 0.15) is 0 Å². The van der Waals surface area contributed by atoms with Crippen LogP contribution in [-0.4, -0.2) is 49.2 Å². The second kappa shape index (κ2) is 10.3. The number of ether oxygens (including phenoxy) is 1. The van der Waals surface area contributed by atoms with Crippen LogP contribution in [0.5, 0.6) is 0 Å². The molecule has 0 radical (unpaired) electrons. The van der Waals surface area contributed by atoms with E-state index < -0.39 is 12.3 Å². The van der Waals surface area contributed by atoms with Gasteiger partial charge >= 0.3 is 0 Å². The molecule has 3 aromatic rings. The van der Waals surface area contributed by atoms with Gasteiger partial charge in [0.05, 0.1) is 45.5 Å². The Balaban J connectivity index is 1.69. The number of nitro benzene ring substituents is 1. The summed E-state index contributed by atoms with van der Waals surface area (Å²) in [6.07, 6.45) is 1.98. The first kappa shape index (κ1) is 26.9. The maximum atomic E-state index is 11.5. The van der Waals surface area contributed by atoms with Crippen molar-refractivity contribution < 1.29 is 9.66 Å². The van der Waals surface area contributed by atoms with Crippen molar-refractivity contribution in [1.82, 2.24) is 4.67 Å². The van der Waals surface area contributed by atoms with Crippen molar-refractivity contribution in [1.29, 1.82) is 0 Å². The summed E-state index contributed by atoms with van der Waals surface area (Å²) in [5, 5.41) is 17.6. The molecule has 0 bridgehead atoms. The summed E-state index contributed by atoms with van der Waals surface area (Å²) in [6, 6.07) is 23.4. The molecule has 3 aliphatic rings. The molecule has 0 aliphatic carbocycles. The molecule has 206 valence electrons. The maximum Gasteiger partial charge on any atom is 0.270 e. The van der Waals surface area contributed by atoms with Crippen molar-refractivity contribution in [3.63, 3.8) is 0 Å². The molecule has 0 N–H and O–H groups in total. The van der Waals surface area contributed by atoms with Crippen LogP contribution in [0.1, 0.15) is 19.4 Å². The molecule has 1 fully saturated rings. The number of benzene rings is 3. The van der Waals surface area contributed by atoms with Gasteiger partial charge in [0, 0.05) is 49.1 Å². The Bertz CT molecular complexity index is 1600. The van der Waals surface area contributed by atoms with Gasteiger partial charge in [-0.05, 0) is 45.8 Å². The summed E-state index contributed by atoms with van der Waals surface area (Å²) in [6.45, 7) is 7.05. The largest absolute Gasteiger partial charge is 0.379 e. The van der Waals surface area contributed by atoms with E-state index in [4.69, 9.17) is 14.6 Å². The van der Waals surface area contributed by atoms with Gasteiger partial charge in [-0.2, -0.15) is 5.10 Å². The van der Waals surface area contributed by atoms with E-state index in [1.165, 1.54) is 17.7 Å². The SMILES string of the molecule is CN1C(=C2C=NN(c3ccccc3)P2(=Nc2ccc([N+](=O)[O-])cc2Br)N2CCOCC2)C(C)(C)c2ccccc21. The van der Waals surface area contributed by atoms with Crippen LogP contribution in [0.3, 0.4) is 0 Å². The van der Waals surface area contributed by atoms with E-state index in [1.807, 2.05) is 24.4 Å². The van der Waals surface area contributed by atoms with Crippen LogP contribution in [-0.2, 0) is 10.2 Å². The number of fused-ring (bicyclic) bond motifs is 1. The number of halogens is 1. The monoisotopic (exact) mass is 620 g/mol. The fourth-order valence-corrected chi connectivity index (χ4v) is 10.3. The summed E-state index contributed by atoms with van der Waals surface area (Å²) in [5.74, 6) is 0. The predicted molar refractivity (Wildman–Crippen MR) is 165 cm³/mol. The second-order valence-corrected chi connectivity index (χ2v) is 14.0. The fraction of sp³-hybridized carbons (Fsp3) is 0.276. The van der Waals surface area contributed by atoms with E-state index in [2.05, 4.69) is 87.6 Å². The first-order chi connectivity index (χ1) is 19.2. The zero-order chi connectivity index (χ0) is 28.1. The third kappa shape index (κ3) is 4.21. The smallest absolute Gasteiger partial charge is 0.270 e. The molecule has 9 nitrogen and oxygen atoms in total. The van der Waals surface area contributed by atoms with E-state index in [1.54, 1.807) is 6.07 Å². The molecule has 3 heterocycles. The number of allylic oxidation sites excluding steroid dienone is 2. The molecule has 0 spiro atoms. The average molecular weight is 621 g/mol. The predicted octanol–water partition coefficient (Wildman–Crippen LogP) is 7.50. The molecule has 0 aromatic heterocycles. The minimum atomic E-state index is -2.82. The van der Waals surface area contributed by atoms with Gasteiger partial charge in [-0.25, -0.2) is 14.2 Å². The highest BCUT2D eigenvalue weighted by Gasteiger charge is 2.50. The quantitative estimate of drug-likeness (QED) is 0.170. The number of rotatable bonds is 4. The minimum Gasteiger partial charge on any atom is -0.379 e. The highest BCUT2D eigenvalue weighted by Crippen LogP contribution is 2.71. The Labute approximate surface area is 242 Å². The van der Waals surface area contributed by atoms with Crippen molar-refractivity contribution in [2.24, 2.45) is 9.85 Å². The van der Waals surface area contributed by atoms with Gasteiger partial charge in [0.15, 0.2) is 7.36 Å². The summed E-state index contributed by atoms with van der Waals surface area (Å²) < 4.78 is 16.5. The normalized spacial score (nSPS) is 23.9. The standard InChI is InChI=1S/C29H30BrN6O3P/c1-29(2)23-11-7-8-12-26(23)33(3)28(29)27-20-31-35(21-9-5-4-6-10-21)40(27,34-15-17-39-18-16-34)32-25-14-13-22(36(37)38)19-24(25)30/h4-14,19-20H,15-18H2,1-3H3.